The molecule has 1 aromatic heterocycles. The second-order valence-corrected chi connectivity index (χ2v) is 6.81. The molecular weight excluding hydrogens is 380 g/mol. The Bertz CT molecular complexity index is 792. The van der Waals surface area contributed by atoms with Crippen molar-refractivity contribution in [2.45, 2.75) is 39.2 Å². The molecule has 0 spiro atoms. The number of benzene rings is 1. The van der Waals surface area contributed by atoms with Crippen molar-refractivity contribution in [1.29, 1.82) is 0 Å². The van der Waals surface area contributed by atoms with E-state index in [-0.39, 0.29) is 30.1 Å². The molecule has 1 aliphatic heterocycles. The highest BCUT2D eigenvalue weighted by Gasteiger charge is 2.28. The summed E-state index contributed by atoms with van der Waals surface area (Å²) >= 11 is 0. The van der Waals surface area contributed by atoms with E-state index in [0.717, 1.165) is 37.1 Å². The van der Waals surface area contributed by atoms with E-state index in [1.807, 2.05) is 36.1 Å². The van der Waals surface area contributed by atoms with Crippen molar-refractivity contribution in [2.75, 3.05) is 18.4 Å². The van der Waals surface area contributed by atoms with Crippen LogP contribution in [0.1, 0.15) is 38.4 Å². The predicted octanol–water partition coefficient (Wildman–Crippen LogP) is 2.33. The van der Waals surface area contributed by atoms with E-state index < -0.39 is 0 Å². The Morgan fingerprint density at radius 2 is 2.07 bits per heavy atom. The van der Waals surface area contributed by atoms with Gasteiger partial charge in [0.1, 0.15) is 5.82 Å². The molecule has 2 heterocycles. The first-order chi connectivity index (χ1) is 13.1. The summed E-state index contributed by atoms with van der Waals surface area (Å²) < 4.78 is 0. The maximum absolute atomic E-state index is 12.6. The number of aromatic amines is 1. The van der Waals surface area contributed by atoms with Gasteiger partial charge in [-0.05, 0) is 43.5 Å². The second-order valence-electron chi connectivity index (χ2n) is 6.81. The number of carbonyl (C=O) groups excluding carboxylic acids is 2. The average molecular weight is 407 g/mol. The third-order valence-electron chi connectivity index (χ3n) is 4.74. The van der Waals surface area contributed by atoms with Gasteiger partial charge in [-0.3, -0.25) is 14.7 Å². The largest absolute Gasteiger partial charge is 0.342 e. The molecular formula is C19H27ClN6O2. The molecule has 1 unspecified atom stereocenters. The molecule has 9 heteroatoms. The van der Waals surface area contributed by atoms with E-state index in [2.05, 4.69) is 20.5 Å². The molecule has 0 saturated carbocycles. The third-order valence-corrected chi connectivity index (χ3v) is 4.74. The van der Waals surface area contributed by atoms with Crippen LogP contribution in [0.4, 0.5) is 5.69 Å². The molecule has 1 atom stereocenters. The van der Waals surface area contributed by atoms with E-state index >= 15 is 0 Å². The summed E-state index contributed by atoms with van der Waals surface area (Å²) in [7, 11) is 0. The summed E-state index contributed by atoms with van der Waals surface area (Å²) in [5, 5.41) is 9.85. The van der Waals surface area contributed by atoms with Gasteiger partial charge in [0, 0.05) is 30.8 Å². The number of carbonyl (C=O) groups is 2. The molecule has 28 heavy (non-hydrogen) atoms. The molecule has 2 aromatic rings. The fourth-order valence-corrected chi connectivity index (χ4v) is 3.25. The van der Waals surface area contributed by atoms with E-state index in [1.165, 1.54) is 0 Å². The smallest absolute Gasteiger partial charge is 0.229 e. The number of likely N-dealkylation sites (tertiary alicyclic amines) is 1. The highest BCUT2D eigenvalue weighted by molar-refractivity contribution is 5.93. The highest BCUT2D eigenvalue weighted by atomic mass is 35.5. The minimum absolute atomic E-state index is 0. The fraction of sp³-hybridized carbons (Fsp3) is 0.474. The number of halogens is 1. The summed E-state index contributed by atoms with van der Waals surface area (Å²) in [4.78, 5) is 30.8. The van der Waals surface area contributed by atoms with Crippen LogP contribution in [0, 0.1) is 5.92 Å². The zero-order chi connectivity index (χ0) is 19.2. The number of aromatic nitrogens is 3. The second kappa shape index (κ2) is 10.2. The lowest BCUT2D eigenvalue weighted by molar-refractivity contribution is -0.134. The Morgan fingerprint density at radius 1 is 1.32 bits per heavy atom. The van der Waals surface area contributed by atoms with Gasteiger partial charge >= 0.3 is 0 Å². The van der Waals surface area contributed by atoms with Crippen molar-refractivity contribution < 1.29 is 9.59 Å². The van der Waals surface area contributed by atoms with E-state index in [9.17, 15) is 9.59 Å². The van der Waals surface area contributed by atoms with Gasteiger partial charge in [0.15, 0.2) is 5.82 Å². The number of nitrogens with two attached hydrogens (primary N) is 1. The van der Waals surface area contributed by atoms with E-state index in [1.54, 1.807) is 0 Å². The number of rotatable bonds is 6. The molecule has 1 aliphatic rings. The summed E-state index contributed by atoms with van der Waals surface area (Å²) in [5.74, 6) is 1.13. The lowest BCUT2D eigenvalue weighted by Gasteiger charge is -2.32. The van der Waals surface area contributed by atoms with Crippen molar-refractivity contribution in [1.82, 2.24) is 20.1 Å². The monoisotopic (exact) mass is 406 g/mol. The number of piperidine rings is 1. The lowest BCUT2D eigenvalue weighted by atomic mass is 9.96. The van der Waals surface area contributed by atoms with Crippen LogP contribution in [0.2, 0.25) is 0 Å². The Balaban J connectivity index is 0.00000280. The van der Waals surface area contributed by atoms with Gasteiger partial charge in [0.2, 0.25) is 11.8 Å². The molecule has 1 aromatic carbocycles. The highest BCUT2D eigenvalue weighted by Crippen LogP contribution is 2.21. The van der Waals surface area contributed by atoms with Gasteiger partial charge in [0.05, 0.1) is 12.5 Å². The van der Waals surface area contributed by atoms with Crippen molar-refractivity contribution in [2.24, 2.45) is 11.7 Å². The molecule has 1 saturated heterocycles. The van der Waals surface area contributed by atoms with Crippen LogP contribution in [0.15, 0.2) is 24.3 Å². The van der Waals surface area contributed by atoms with Crippen molar-refractivity contribution in [3.05, 3.63) is 30.1 Å². The Labute approximate surface area is 170 Å². The van der Waals surface area contributed by atoms with Crippen LogP contribution in [0.5, 0.6) is 0 Å². The zero-order valence-electron chi connectivity index (χ0n) is 16.0. The number of amides is 2. The molecule has 8 nitrogen and oxygen atoms in total. The molecule has 3 rings (SSSR count). The Hall–Kier alpha value is -2.45. The zero-order valence-corrected chi connectivity index (χ0v) is 16.8. The number of hydrogen-bond acceptors (Lipinski definition) is 5. The summed E-state index contributed by atoms with van der Waals surface area (Å²) in [6.45, 7) is 3.55. The fourth-order valence-electron chi connectivity index (χ4n) is 3.25. The van der Waals surface area contributed by atoms with Crippen LogP contribution in [0.3, 0.4) is 0 Å². The quantitative estimate of drug-likeness (QED) is 0.680. The SMILES string of the molecule is CCCC(=O)N1CCCC(C(=O)Nc2ccc(-c3n[nH]c(CN)n3)cc2)C1.Cl. The van der Waals surface area contributed by atoms with Crippen LogP contribution in [0.25, 0.3) is 11.4 Å². The molecule has 1 fully saturated rings. The van der Waals surface area contributed by atoms with Crippen LogP contribution >= 0.6 is 12.4 Å². The first kappa shape index (κ1) is 21.8. The van der Waals surface area contributed by atoms with Crippen LogP contribution < -0.4 is 11.1 Å². The Morgan fingerprint density at radius 3 is 2.71 bits per heavy atom. The maximum atomic E-state index is 12.6. The van der Waals surface area contributed by atoms with Gasteiger partial charge in [0.25, 0.3) is 0 Å². The molecule has 0 radical (unpaired) electrons. The first-order valence-corrected chi connectivity index (χ1v) is 9.41. The van der Waals surface area contributed by atoms with Crippen molar-refractivity contribution in [3.8, 4) is 11.4 Å². The van der Waals surface area contributed by atoms with Crippen molar-refractivity contribution in [3.63, 3.8) is 0 Å². The maximum Gasteiger partial charge on any atom is 0.229 e. The predicted molar refractivity (Wildman–Crippen MR) is 110 cm³/mol. The number of nitrogens with zero attached hydrogens (tertiary/aromatic N) is 3. The number of H-pyrrole nitrogens is 1. The Kier molecular flexibility index (Phi) is 7.95. The van der Waals surface area contributed by atoms with Gasteiger partial charge in [-0.15, -0.1) is 12.4 Å². The minimum Gasteiger partial charge on any atom is -0.342 e. The van der Waals surface area contributed by atoms with E-state index in [0.29, 0.717) is 31.2 Å². The lowest BCUT2D eigenvalue weighted by Crippen LogP contribution is -2.43. The molecule has 2 amide bonds. The number of nitrogens with one attached hydrogen (secondary N) is 2. The molecule has 152 valence electrons. The van der Waals surface area contributed by atoms with Crippen LogP contribution in [-0.4, -0.2) is 45.0 Å². The van der Waals surface area contributed by atoms with E-state index in [4.69, 9.17) is 5.73 Å². The van der Waals surface area contributed by atoms with Gasteiger partial charge < -0.3 is 16.0 Å². The van der Waals surface area contributed by atoms with Gasteiger partial charge in [-0.1, -0.05) is 6.92 Å². The summed E-state index contributed by atoms with van der Waals surface area (Å²) in [6, 6.07) is 7.37. The third kappa shape index (κ3) is 5.30. The number of anilines is 1. The summed E-state index contributed by atoms with van der Waals surface area (Å²) in [5.41, 5.74) is 7.09. The van der Waals surface area contributed by atoms with Gasteiger partial charge in [-0.25, -0.2) is 4.98 Å². The van der Waals surface area contributed by atoms with Crippen molar-refractivity contribution >= 4 is 29.9 Å². The number of hydrogen-bond donors (Lipinski definition) is 3. The standard InChI is InChI=1S/C19H26N6O2.ClH/c1-2-4-17(26)25-10-3-5-14(12-25)19(27)21-15-8-6-13(7-9-15)18-22-16(11-20)23-24-18;/h6-9,14H,2-5,10-12,20H2,1H3,(H,21,27)(H,22,23,24);1H. The van der Waals surface area contributed by atoms with Crippen LogP contribution in [-0.2, 0) is 16.1 Å². The first-order valence-electron chi connectivity index (χ1n) is 9.41. The normalized spacial score (nSPS) is 16.4. The molecule has 0 bridgehead atoms. The topological polar surface area (TPSA) is 117 Å². The summed E-state index contributed by atoms with van der Waals surface area (Å²) in [6.07, 6.45) is 3.04. The minimum atomic E-state index is -0.167. The molecule has 4 N–H and O–H groups in total. The van der Waals surface area contributed by atoms with Gasteiger partial charge in [-0.2, -0.15) is 5.10 Å². The molecule has 0 aliphatic carbocycles. The average Bonchev–Trinajstić information content (AvgIpc) is 3.18.